The van der Waals surface area contributed by atoms with Crippen molar-refractivity contribution in [1.82, 2.24) is 9.71 Å². The van der Waals surface area contributed by atoms with E-state index in [1.165, 1.54) is 12.3 Å². The van der Waals surface area contributed by atoms with Crippen LogP contribution < -0.4 is 10.5 Å². The molecule has 0 aliphatic rings. The van der Waals surface area contributed by atoms with Crippen molar-refractivity contribution in [2.75, 3.05) is 6.54 Å². The summed E-state index contributed by atoms with van der Waals surface area (Å²) in [5.74, 6) is 0. The monoisotopic (exact) mass is 243 g/mol. The molecule has 1 aromatic heterocycles. The Morgan fingerprint density at radius 3 is 2.69 bits per heavy atom. The van der Waals surface area contributed by atoms with E-state index in [-0.39, 0.29) is 4.90 Å². The highest BCUT2D eigenvalue weighted by Gasteiger charge is 2.12. The van der Waals surface area contributed by atoms with Gasteiger partial charge in [0.2, 0.25) is 10.0 Å². The number of unbranched alkanes of at least 4 members (excludes halogenated alkanes) is 1. The summed E-state index contributed by atoms with van der Waals surface area (Å²) in [6, 6.07) is 3.14. The molecule has 0 atom stereocenters. The Morgan fingerprint density at radius 1 is 1.44 bits per heavy atom. The molecule has 1 aromatic rings. The van der Waals surface area contributed by atoms with Crippen molar-refractivity contribution < 1.29 is 8.42 Å². The molecule has 0 aromatic carbocycles. The highest BCUT2D eigenvalue weighted by molar-refractivity contribution is 7.89. The molecular weight excluding hydrogens is 226 g/mol. The molecule has 0 radical (unpaired) electrons. The van der Waals surface area contributed by atoms with Crippen LogP contribution in [0, 0.1) is 0 Å². The minimum absolute atomic E-state index is 0.181. The topological polar surface area (TPSA) is 85.1 Å². The molecule has 0 saturated carbocycles. The van der Waals surface area contributed by atoms with Gasteiger partial charge in [0.15, 0.2) is 0 Å². The molecular formula is C10H17N3O2S. The lowest BCUT2D eigenvalue weighted by Crippen LogP contribution is -2.24. The van der Waals surface area contributed by atoms with Gasteiger partial charge in [-0.15, -0.1) is 0 Å². The predicted molar refractivity (Wildman–Crippen MR) is 62.2 cm³/mol. The van der Waals surface area contributed by atoms with Crippen molar-refractivity contribution >= 4 is 10.0 Å². The lowest BCUT2D eigenvalue weighted by molar-refractivity contribution is 0.578. The van der Waals surface area contributed by atoms with Gasteiger partial charge in [-0.2, -0.15) is 0 Å². The number of nitrogens with one attached hydrogen (secondary N) is 1. The Kier molecular flexibility index (Phi) is 4.85. The summed E-state index contributed by atoms with van der Waals surface area (Å²) >= 11 is 0. The molecule has 0 fully saturated rings. The highest BCUT2D eigenvalue weighted by Crippen LogP contribution is 2.07. The maximum Gasteiger partial charge on any atom is 0.242 e. The molecule has 0 spiro atoms. The van der Waals surface area contributed by atoms with Crippen molar-refractivity contribution in [2.45, 2.75) is 31.2 Å². The lowest BCUT2D eigenvalue weighted by Gasteiger charge is -2.05. The van der Waals surface area contributed by atoms with Gasteiger partial charge in [0, 0.05) is 19.3 Å². The first-order chi connectivity index (χ1) is 7.60. The number of pyridine rings is 1. The average molecular weight is 243 g/mol. The van der Waals surface area contributed by atoms with Crippen molar-refractivity contribution in [3.8, 4) is 0 Å². The Labute approximate surface area is 96.1 Å². The van der Waals surface area contributed by atoms with Crippen molar-refractivity contribution in [2.24, 2.45) is 5.73 Å². The smallest absolute Gasteiger partial charge is 0.242 e. The van der Waals surface area contributed by atoms with Crippen LogP contribution in [-0.2, 0) is 16.6 Å². The molecule has 0 bridgehead atoms. The van der Waals surface area contributed by atoms with Gasteiger partial charge in [0.1, 0.15) is 4.90 Å². The fourth-order valence-corrected chi connectivity index (χ4v) is 2.18. The number of aromatic nitrogens is 1. The second kappa shape index (κ2) is 5.93. The molecule has 5 nitrogen and oxygen atoms in total. The molecule has 16 heavy (non-hydrogen) atoms. The summed E-state index contributed by atoms with van der Waals surface area (Å²) in [6.45, 7) is 2.77. The van der Waals surface area contributed by atoms with Crippen molar-refractivity contribution in [3.63, 3.8) is 0 Å². The van der Waals surface area contributed by atoms with E-state index in [0.717, 1.165) is 12.8 Å². The van der Waals surface area contributed by atoms with Gasteiger partial charge in [0.05, 0.1) is 5.69 Å². The first-order valence-electron chi connectivity index (χ1n) is 5.25. The fourth-order valence-electron chi connectivity index (χ4n) is 1.16. The molecule has 0 amide bonds. The molecule has 0 aliphatic heterocycles. The van der Waals surface area contributed by atoms with Gasteiger partial charge in [-0.25, -0.2) is 13.1 Å². The summed E-state index contributed by atoms with van der Waals surface area (Å²) in [4.78, 5) is 4.13. The largest absolute Gasteiger partial charge is 0.325 e. The van der Waals surface area contributed by atoms with Crippen LogP contribution in [0.2, 0.25) is 0 Å². The summed E-state index contributed by atoms with van der Waals surface area (Å²) < 4.78 is 26.0. The number of sulfonamides is 1. The minimum atomic E-state index is -3.41. The SMILES string of the molecule is CCCCNS(=O)(=O)c1ccc(CN)nc1. The van der Waals surface area contributed by atoms with E-state index >= 15 is 0 Å². The van der Waals surface area contributed by atoms with E-state index in [9.17, 15) is 8.42 Å². The Bertz CT molecular complexity index is 414. The molecule has 90 valence electrons. The third-order valence-corrected chi connectivity index (χ3v) is 3.59. The molecule has 6 heteroatoms. The van der Waals surface area contributed by atoms with Crippen LogP contribution in [0.1, 0.15) is 25.5 Å². The second-order valence-corrected chi connectivity index (χ2v) is 5.21. The summed E-state index contributed by atoms with van der Waals surface area (Å²) in [6.07, 6.45) is 3.11. The van der Waals surface area contributed by atoms with E-state index < -0.39 is 10.0 Å². The van der Waals surface area contributed by atoms with Crippen LogP contribution in [0.4, 0.5) is 0 Å². The van der Waals surface area contributed by atoms with Crippen LogP contribution in [0.5, 0.6) is 0 Å². The molecule has 1 heterocycles. The van der Waals surface area contributed by atoms with E-state index in [1.54, 1.807) is 6.07 Å². The second-order valence-electron chi connectivity index (χ2n) is 3.44. The van der Waals surface area contributed by atoms with Gasteiger partial charge < -0.3 is 5.73 Å². The fraction of sp³-hybridized carbons (Fsp3) is 0.500. The van der Waals surface area contributed by atoms with Gasteiger partial charge in [-0.05, 0) is 18.6 Å². The van der Waals surface area contributed by atoms with Gasteiger partial charge in [-0.1, -0.05) is 13.3 Å². The summed E-state index contributed by atoms with van der Waals surface area (Å²) in [7, 11) is -3.41. The zero-order chi connectivity index (χ0) is 12.0. The number of hydrogen-bond donors (Lipinski definition) is 2. The third kappa shape index (κ3) is 3.55. The highest BCUT2D eigenvalue weighted by atomic mass is 32.2. The van der Waals surface area contributed by atoms with E-state index in [2.05, 4.69) is 9.71 Å². The first-order valence-corrected chi connectivity index (χ1v) is 6.73. The number of rotatable bonds is 6. The third-order valence-electron chi connectivity index (χ3n) is 2.14. The Morgan fingerprint density at radius 2 is 2.19 bits per heavy atom. The van der Waals surface area contributed by atoms with Crippen LogP contribution in [0.25, 0.3) is 0 Å². The maximum atomic E-state index is 11.7. The van der Waals surface area contributed by atoms with Crippen LogP contribution >= 0.6 is 0 Å². The van der Waals surface area contributed by atoms with E-state index in [0.29, 0.717) is 18.8 Å². The minimum Gasteiger partial charge on any atom is -0.325 e. The maximum absolute atomic E-state index is 11.7. The van der Waals surface area contributed by atoms with E-state index in [1.807, 2.05) is 6.92 Å². The number of nitrogens with two attached hydrogens (primary N) is 1. The first kappa shape index (κ1) is 13.1. The zero-order valence-corrected chi connectivity index (χ0v) is 10.1. The van der Waals surface area contributed by atoms with E-state index in [4.69, 9.17) is 5.73 Å². The van der Waals surface area contributed by atoms with Crippen molar-refractivity contribution in [3.05, 3.63) is 24.0 Å². The predicted octanol–water partition coefficient (Wildman–Crippen LogP) is 0.619. The zero-order valence-electron chi connectivity index (χ0n) is 9.31. The number of nitrogens with zero attached hydrogens (tertiary/aromatic N) is 1. The number of hydrogen-bond acceptors (Lipinski definition) is 4. The van der Waals surface area contributed by atoms with Gasteiger partial charge in [-0.3, -0.25) is 4.98 Å². The van der Waals surface area contributed by atoms with Crippen molar-refractivity contribution in [1.29, 1.82) is 0 Å². The molecule has 3 N–H and O–H groups in total. The van der Waals surface area contributed by atoms with Crippen LogP contribution in [0.3, 0.4) is 0 Å². The van der Waals surface area contributed by atoms with Gasteiger partial charge in [0.25, 0.3) is 0 Å². The molecule has 1 rings (SSSR count). The van der Waals surface area contributed by atoms with Crippen LogP contribution in [0.15, 0.2) is 23.2 Å². The normalized spacial score (nSPS) is 11.6. The lowest BCUT2D eigenvalue weighted by atomic mass is 10.3. The standard InChI is InChI=1S/C10H17N3O2S/c1-2-3-6-13-16(14,15)10-5-4-9(7-11)12-8-10/h4-5,8,13H,2-3,6-7,11H2,1H3. The van der Waals surface area contributed by atoms with Gasteiger partial charge >= 0.3 is 0 Å². The Hall–Kier alpha value is -0.980. The van der Waals surface area contributed by atoms with Crippen LogP contribution in [-0.4, -0.2) is 19.9 Å². The molecule has 0 saturated heterocycles. The summed E-state index contributed by atoms with van der Waals surface area (Å²) in [5.41, 5.74) is 6.05. The quantitative estimate of drug-likeness (QED) is 0.717. The Balaban J connectivity index is 2.74. The molecule has 0 aliphatic carbocycles. The average Bonchev–Trinajstić information content (AvgIpc) is 2.29. The molecule has 0 unspecified atom stereocenters. The summed E-state index contributed by atoms with van der Waals surface area (Å²) in [5, 5.41) is 0.